The van der Waals surface area contributed by atoms with Crippen LogP contribution in [0.1, 0.15) is 50.3 Å². The molecular weight excluding hydrogens is 414 g/mol. The number of carbonyl (C=O) groups excluding carboxylic acids is 1. The number of nitrogens with one attached hydrogen (secondary N) is 2. The number of anilines is 2. The molecule has 2 N–H and O–H groups in total. The summed E-state index contributed by atoms with van der Waals surface area (Å²) in [7, 11) is 0. The van der Waals surface area contributed by atoms with Crippen molar-refractivity contribution in [3.05, 3.63) is 35.2 Å². The molecule has 0 spiro atoms. The predicted molar refractivity (Wildman–Crippen MR) is 119 cm³/mol. The fourth-order valence-corrected chi connectivity index (χ4v) is 5.63. The molecule has 9 heteroatoms. The summed E-state index contributed by atoms with van der Waals surface area (Å²) in [6, 6.07) is 4.22. The van der Waals surface area contributed by atoms with Crippen LogP contribution >= 0.6 is 11.6 Å². The van der Waals surface area contributed by atoms with Gasteiger partial charge in [0.25, 0.3) is 0 Å². The Balaban J connectivity index is 1.27. The topological polar surface area (TPSA) is 78.3 Å². The summed E-state index contributed by atoms with van der Waals surface area (Å²) in [4.78, 5) is 22.5. The molecule has 2 aromatic heterocycles. The first-order valence-electron chi connectivity index (χ1n) is 11.4. The molecule has 2 saturated heterocycles. The smallest absolute Gasteiger partial charge is 0.227 e. The number of hydrogen-bond acceptors (Lipinski definition) is 6. The molecule has 2 unspecified atom stereocenters. The van der Waals surface area contributed by atoms with Crippen LogP contribution in [0.3, 0.4) is 0 Å². The van der Waals surface area contributed by atoms with E-state index in [2.05, 4.69) is 32.8 Å². The van der Waals surface area contributed by atoms with Crippen molar-refractivity contribution < 1.29 is 4.79 Å². The van der Waals surface area contributed by atoms with E-state index in [1.165, 1.54) is 0 Å². The van der Waals surface area contributed by atoms with E-state index in [0.717, 1.165) is 75.4 Å². The van der Waals surface area contributed by atoms with Crippen LogP contribution in [0.25, 0.3) is 0 Å². The number of fused-ring (bicyclic) bond motifs is 1. The third kappa shape index (κ3) is 3.19. The van der Waals surface area contributed by atoms with Gasteiger partial charge in [0.2, 0.25) is 5.91 Å². The molecule has 164 valence electrons. The SMILES string of the molecule is O=C(C1CCCNC1c1ccc2c(n1)NCN2C1(n2cc(Cl)cn2)CC1)N1CCCC1. The van der Waals surface area contributed by atoms with Gasteiger partial charge in [0.15, 0.2) is 5.82 Å². The average molecular weight is 442 g/mol. The maximum absolute atomic E-state index is 13.2. The van der Waals surface area contributed by atoms with Crippen molar-refractivity contribution in [2.45, 2.75) is 50.2 Å². The van der Waals surface area contributed by atoms with Crippen LogP contribution in [0.15, 0.2) is 24.5 Å². The molecule has 4 aliphatic rings. The van der Waals surface area contributed by atoms with E-state index in [0.29, 0.717) is 17.6 Å². The van der Waals surface area contributed by atoms with Gasteiger partial charge in [0.1, 0.15) is 5.66 Å². The highest BCUT2D eigenvalue weighted by atomic mass is 35.5. The highest BCUT2D eigenvalue weighted by Gasteiger charge is 2.53. The van der Waals surface area contributed by atoms with Crippen LogP contribution in [-0.4, -0.2) is 51.9 Å². The van der Waals surface area contributed by atoms with Gasteiger partial charge in [-0.1, -0.05) is 11.6 Å². The van der Waals surface area contributed by atoms with Crippen molar-refractivity contribution in [1.29, 1.82) is 0 Å². The second-order valence-electron chi connectivity index (χ2n) is 9.17. The third-order valence-electron chi connectivity index (χ3n) is 7.28. The zero-order valence-electron chi connectivity index (χ0n) is 17.6. The quantitative estimate of drug-likeness (QED) is 0.759. The van der Waals surface area contributed by atoms with Crippen LogP contribution in [0.2, 0.25) is 5.02 Å². The molecule has 0 bridgehead atoms. The van der Waals surface area contributed by atoms with E-state index in [9.17, 15) is 4.79 Å². The molecule has 1 aliphatic carbocycles. The van der Waals surface area contributed by atoms with Gasteiger partial charge in [-0.25, -0.2) is 9.67 Å². The Morgan fingerprint density at radius 3 is 2.77 bits per heavy atom. The minimum atomic E-state index is -0.161. The summed E-state index contributed by atoms with van der Waals surface area (Å²) >= 11 is 6.13. The highest BCUT2D eigenvalue weighted by molar-refractivity contribution is 6.30. The Hall–Kier alpha value is -2.32. The van der Waals surface area contributed by atoms with Crippen molar-refractivity contribution in [3.8, 4) is 0 Å². The first-order chi connectivity index (χ1) is 15.2. The Morgan fingerprint density at radius 2 is 2.03 bits per heavy atom. The molecule has 2 atom stereocenters. The number of amides is 1. The molecule has 0 radical (unpaired) electrons. The molecule has 1 amide bonds. The standard InChI is InChI=1S/C22H28ClN7O/c23-15-12-26-30(13-15)22(7-8-22)29-14-25-20-18(29)6-5-17(27-20)19-16(4-3-9-24-19)21(31)28-10-1-2-11-28/h5-6,12-13,16,19,24H,1-4,7-11,14H2,(H,25,27). The first kappa shape index (κ1) is 19.4. The molecule has 8 nitrogen and oxygen atoms in total. The lowest BCUT2D eigenvalue weighted by Gasteiger charge is -2.34. The van der Waals surface area contributed by atoms with Crippen molar-refractivity contribution in [2.24, 2.45) is 5.92 Å². The number of hydrogen-bond donors (Lipinski definition) is 2. The molecule has 1 saturated carbocycles. The molecule has 0 aromatic carbocycles. The number of piperidine rings is 1. The van der Waals surface area contributed by atoms with E-state index in [-0.39, 0.29) is 17.6 Å². The molecule has 3 aliphatic heterocycles. The molecule has 3 fully saturated rings. The molecule has 6 rings (SSSR count). The fourth-order valence-electron chi connectivity index (χ4n) is 5.50. The van der Waals surface area contributed by atoms with Crippen molar-refractivity contribution >= 4 is 29.0 Å². The van der Waals surface area contributed by atoms with Crippen LogP contribution < -0.4 is 15.5 Å². The Labute approximate surface area is 186 Å². The van der Waals surface area contributed by atoms with Gasteiger partial charge in [0.05, 0.1) is 41.2 Å². The number of pyridine rings is 1. The fraction of sp³-hybridized carbons (Fsp3) is 0.591. The van der Waals surface area contributed by atoms with Crippen LogP contribution in [-0.2, 0) is 10.5 Å². The monoisotopic (exact) mass is 441 g/mol. The van der Waals surface area contributed by atoms with E-state index >= 15 is 0 Å². The second-order valence-corrected chi connectivity index (χ2v) is 9.60. The van der Waals surface area contributed by atoms with E-state index < -0.39 is 0 Å². The van der Waals surface area contributed by atoms with Crippen molar-refractivity contribution in [1.82, 2.24) is 25.0 Å². The zero-order chi connectivity index (χ0) is 21.0. The second kappa shape index (κ2) is 7.38. The van der Waals surface area contributed by atoms with Gasteiger partial charge >= 0.3 is 0 Å². The third-order valence-corrected chi connectivity index (χ3v) is 7.48. The number of nitrogens with zero attached hydrogens (tertiary/aromatic N) is 5. The first-order valence-corrected chi connectivity index (χ1v) is 11.8. The van der Waals surface area contributed by atoms with Gasteiger partial charge in [-0.3, -0.25) is 4.79 Å². The molecule has 5 heterocycles. The number of likely N-dealkylation sites (tertiary alicyclic amines) is 1. The van der Waals surface area contributed by atoms with E-state index in [1.807, 2.05) is 15.8 Å². The lowest BCUT2D eigenvalue weighted by atomic mass is 9.87. The van der Waals surface area contributed by atoms with Crippen LogP contribution in [0.4, 0.5) is 11.5 Å². The summed E-state index contributed by atoms with van der Waals surface area (Å²) in [5.74, 6) is 1.15. The lowest BCUT2D eigenvalue weighted by molar-refractivity contribution is -0.136. The zero-order valence-corrected chi connectivity index (χ0v) is 18.3. The van der Waals surface area contributed by atoms with Gasteiger partial charge in [0, 0.05) is 19.3 Å². The minimum absolute atomic E-state index is 0.0252. The van der Waals surface area contributed by atoms with E-state index in [1.54, 1.807) is 6.20 Å². The molecule has 2 aromatic rings. The number of aromatic nitrogens is 3. The van der Waals surface area contributed by atoms with E-state index in [4.69, 9.17) is 16.6 Å². The number of rotatable bonds is 4. The van der Waals surface area contributed by atoms with Crippen LogP contribution in [0.5, 0.6) is 0 Å². The molecular formula is C22H28ClN7O. The van der Waals surface area contributed by atoms with Crippen molar-refractivity contribution in [3.63, 3.8) is 0 Å². The van der Waals surface area contributed by atoms with Gasteiger partial charge in [-0.2, -0.15) is 5.10 Å². The largest absolute Gasteiger partial charge is 0.351 e. The molecule has 31 heavy (non-hydrogen) atoms. The number of halogens is 1. The van der Waals surface area contributed by atoms with Crippen LogP contribution in [0, 0.1) is 5.92 Å². The van der Waals surface area contributed by atoms with Gasteiger partial charge < -0.3 is 20.4 Å². The summed E-state index contributed by atoms with van der Waals surface area (Å²) in [6.07, 6.45) is 9.86. The highest BCUT2D eigenvalue weighted by Crippen LogP contribution is 2.51. The summed E-state index contributed by atoms with van der Waals surface area (Å²) in [5, 5.41) is 12.2. The summed E-state index contributed by atoms with van der Waals surface area (Å²) < 4.78 is 1.98. The Morgan fingerprint density at radius 1 is 1.19 bits per heavy atom. The summed E-state index contributed by atoms with van der Waals surface area (Å²) in [5.41, 5.74) is 1.88. The van der Waals surface area contributed by atoms with Gasteiger partial charge in [-0.15, -0.1) is 0 Å². The average Bonchev–Trinajstić information content (AvgIpc) is 3.20. The normalized spacial score (nSPS) is 26.6. The lowest BCUT2D eigenvalue weighted by Crippen LogP contribution is -2.44. The maximum atomic E-state index is 13.2. The van der Waals surface area contributed by atoms with Gasteiger partial charge in [-0.05, 0) is 57.2 Å². The maximum Gasteiger partial charge on any atom is 0.227 e. The summed E-state index contributed by atoms with van der Waals surface area (Å²) in [6.45, 7) is 3.42. The van der Waals surface area contributed by atoms with Crippen molar-refractivity contribution in [2.75, 3.05) is 36.5 Å². The minimum Gasteiger partial charge on any atom is -0.351 e. The predicted octanol–water partition coefficient (Wildman–Crippen LogP) is 2.93. The Bertz CT molecular complexity index is 997. The number of carbonyl (C=O) groups is 1. The Kier molecular flexibility index (Phi) is 4.61.